The summed E-state index contributed by atoms with van der Waals surface area (Å²) in [6, 6.07) is 1.80. The number of ether oxygens (including phenoxy) is 1. The summed E-state index contributed by atoms with van der Waals surface area (Å²) < 4.78 is 17.9. The molecule has 1 aromatic rings. The van der Waals surface area contributed by atoms with Crippen molar-refractivity contribution in [1.82, 2.24) is 0 Å². The molecule has 86 valence electrons. The van der Waals surface area contributed by atoms with Crippen molar-refractivity contribution in [2.24, 2.45) is 0 Å². The molecule has 0 aliphatic heterocycles. The molecule has 2 N–H and O–H groups in total. The van der Waals surface area contributed by atoms with Gasteiger partial charge in [0.15, 0.2) is 24.0 Å². The van der Waals surface area contributed by atoms with Crippen LogP contribution in [0.2, 0.25) is 0 Å². The normalized spacial score (nSPS) is 11.9. The van der Waals surface area contributed by atoms with E-state index in [-0.39, 0.29) is 16.9 Å². The zero-order chi connectivity index (χ0) is 12.3. The van der Waals surface area contributed by atoms with Crippen LogP contribution >= 0.6 is 0 Å². The van der Waals surface area contributed by atoms with Gasteiger partial charge in [0.1, 0.15) is 0 Å². The van der Waals surface area contributed by atoms with E-state index >= 15 is 0 Å². The lowest BCUT2D eigenvalue weighted by Gasteiger charge is -2.10. The third-order valence-electron chi connectivity index (χ3n) is 2.01. The second-order valence-electron chi connectivity index (χ2n) is 2.97. The van der Waals surface area contributed by atoms with Gasteiger partial charge in [-0.25, -0.2) is 9.18 Å². The first kappa shape index (κ1) is 12.1. The minimum Gasteiger partial charge on any atom is -0.494 e. The first-order chi connectivity index (χ1) is 7.51. The van der Waals surface area contributed by atoms with Crippen molar-refractivity contribution < 1.29 is 28.9 Å². The van der Waals surface area contributed by atoms with Crippen LogP contribution in [0.4, 0.5) is 4.39 Å². The lowest BCUT2D eigenvalue weighted by molar-refractivity contribution is -0.146. The molecule has 0 aliphatic carbocycles. The van der Waals surface area contributed by atoms with Crippen LogP contribution in [0.15, 0.2) is 12.1 Å². The maximum absolute atomic E-state index is 13.2. The van der Waals surface area contributed by atoms with Crippen LogP contribution in [0.25, 0.3) is 0 Å². The monoisotopic (exact) mass is 228 g/mol. The van der Waals surface area contributed by atoms with Crippen molar-refractivity contribution in [3.8, 4) is 5.75 Å². The molecule has 0 heterocycles. The van der Waals surface area contributed by atoms with Crippen molar-refractivity contribution >= 4 is 12.3 Å². The molecule has 0 bridgehead atoms. The van der Waals surface area contributed by atoms with Crippen LogP contribution in [-0.2, 0) is 4.79 Å². The summed E-state index contributed by atoms with van der Waals surface area (Å²) in [5.74, 6) is -2.60. The van der Waals surface area contributed by atoms with Crippen molar-refractivity contribution in [1.29, 1.82) is 0 Å². The molecular weight excluding hydrogens is 219 g/mol. The standard InChI is InChI=1S/C10H9FO5/c1-16-8-2-5(4-12)6(3-7(8)11)9(13)10(14)15/h2-4,9,13H,1H3,(H,14,15). The highest BCUT2D eigenvalue weighted by molar-refractivity contribution is 5.83. The van der Waals surface area contributed by atoms with E-state index < -0.39 is 17.9 Å². The zero-order valence-electron chi connectivity index (χ0n) is 8.31. The maximum atomic E-state index is 13.2. The molecule has 6 heteroatoms. The summed E-state index contributed by atoms with van der Waals surface area (Å²) >= 11 is 0. The van der Waals surface area contributed by atoms with E-state index in [0.29, 0.717) is 6.29 Å². The molecule has 0 saturated carbocycles. The Morgan fingerprint density at radius 2 is 2.19 bits per heavy atom. The van der Waals surface area contributed by atoms with Gasteiger partial charge >= 0.3 is 5.97 Å². The molecule has 16 heavy (non-hydrogen) atoms. The Bertz CT molecular complexity index is 429. The van der Waals surface area contributed by atoms with Crippen LogP contribution in [0.5, 0.6) is 5.75 Å². The minimum atomic E-state index is -1.94. The Kier molecular flexibility index (Phi) is 3.57. The number of methoxy groups -OCH3 is 1. The van der Waals surface area contributed by atoms with Crippen LogP contribution in [-0.4, -0.2) is 29.6 Å². The van der Waals surface area contributed by atoms with Gasteiger partial charge in [-0.1, -0.05) is 0 Å². The quantitative estimate of drug-likeness (QED) is 0.743. The van der Waals surface area contributed by atoms with E-state index in [2.05, 4.69) is 4.74 Å². The minimum absolute atomic E-state index is 0.131. The largest absolute Gasteiger partial charge is 0.494 e. The predicted molar refractivity (Wildman–Crippen MR) is 50.9 cm³/mol. The SMILES string of the molecule is COc1cc(C=O)c(C(O)C(=O)O)cc1F. The molecule has 0 spiro atoms. The lowest BCUT2D eigenvalue weighted by atomic mass is 10.0. The van der Waals surface area contributed by atoms with Crippen molar-refractivity contribution in [3.05, 3.63) is 29.1 Å². The molecule has 0 aliphatic rings. The predicted octanol–water partition coefficient (Wildman–Crippen LogP) is 0.765. The molecule has 0 fully saturated rings. The third kappa shape index (κ3) is 2.17. The van der Waals surface area contributed by atoms with Crippen LogP contribution in [0.1, 0.15) is 22.0 Å². The number of aldehydes is 1. The highest BCUT2D eigenvalue weighted by Gasteiger charge is 2.21. The molecule has 1 unspecified atom stereocenters. The number of aliphatic hydroxyl groups excluding tert-OH is 1. The Labute approximate surface area is 90.1 Å². The van der Waals surface area contributed by atoms with Gasteiger partial charge in [-0.3, -0.25) is 4.79 Å². The number of carboxylic acids is 1. The summed E-state index contributed by atoms with van der Waals surface area (Å²) in [4.78, 5) is 21.2. The summed E-state index contributed by atoms with van der Waals surface area (Å²) in [5, 5.41) is 17.8. The Morgan fingerprint density at radius 1 is 1.56 bits per heavy atom. The Morgan fingerprint density at radius 3 is 2.62 bits per heavy atom. The molecule has 0 radical (unpaired) electrons. The molecule has 0 aromatic heterocycles. The van der Waals surface area contributed by atoms with Gasteiger partial charge in [0.05, 0.1) is 7.11 Å². The Hall–Kier alpha value is -1.95. The number of carbonyl (C=O) groups is 2. The number of aliphatic carboxylic acids is 1. The van der Waals surface area contributed by atoms with Crippen LogP contribution in [0.3, 0.4) is 0 Å². The highest BCUT2D eigenvalue weighted by atomic mass is 19.1. The van der Waals surface area contributed by atoms with Gasteiger partial charge in [-0.05, 0) is 12.1 Å². The van der Waals surface area contributed by atoms with Crippen LogP contribution < -0.4 is 4.74 Å². The highest BCUT2D eigenvalue weighted by Crippen LogP contribution is 2.25. The maximum Gasteiger partial charge on any atom is 0.337 e. The smallest absolute Gasteiger partial charge is 0.337 e. The second-order valence-corrected chi connectivity index (χ2v) is 2.97. The molecule has 1 atom stereocenters. The summed E-state index contributed by atoms with van der Waals surface area (Å²) in [6.07, 6.45) is -1.62. The average Bonchev–Trinajstić information content (AvgIpc) is 2.27. The molecular formula is C10H9FO5. The van der Waals surface area contributed by atoms with Crippen molar-refractivity contribution in [2.75, 3.05) is 7.11 Å². The van der Waals surface area contributed by atoms with Crippen LogP contribution in [0, 0.1) is 5.82 Å². The second kappa shape index (κ2) is 4.71. The van der Waals surface area contributed by atoms with E-state index in [0.717, 1.165) is 12.1 Å². The van der Waals surface area contributed by atoms with Gasteiger partial charge in [0, 0.05) is 11.1 Å². The number of hydrogen-bond acceptors (Lipinski definition) is 4. The van der Waals surface area contributed by atoms with E-state index in [1.807, 2.05) is 0 Å². The summed E-state index contributed by atoms with van der Waals surface area (Å²) in [7, 11) is 1.21. The summed E-state index contributed by atoms with van der Waals surface area (Å²) in [6.45, 7) is 0. The summed E-state index contributed by atoms with van der Waals surface area (Å²) in [5.41, 5.74) is -0.436. The fraction of sp³-hybridized carbons (Fsp3) is 0.200. The van der Waals surface area contributed by atoms with Crippen molar-refractivity contribution in [2.45, 2.75) is 6.10 Å². The molecule has 5 nitrogen and oxygen atoms in total. The van der Waals surface area contributed by atoms with Gasteiger partial charge < -0.3 is 14.9 Å². The Balaban J connectivity index is 3.33. The fourth-order valence-electron chi connectivity index (χ4n) is 1.21. The first-order valence-corrected chi connectivity index (χ1v) is 4.24. The number of halogens is 1. The topological polar surface area (TPSA) is 83.8 Å². The fourth-order valence-corrected chi connectivity index (χ4v) is 1.21. The number of aliphatic hydroxyl groups is 1. The van der Waals surface area contributed by atoms with Gasteiger partial charge in [0.25, 0.3) is 0 Å². The number of carboxylic acid groups (broad SMARTS) is 1. The number of rotatable bonds is 4. The van der Waals surface area contributed by atoms with Gasteiger partial charge in [-0.15, -0.1) is 0 Å². The molecule has 1 rings (SSSR count). The van der Waals surface area contributed by atoms with Gasteiger partial charge in [-0.2, -0.15) is 0 Å². The molecule has 0 amide bonds. The third-order valence-corrected chi connectivity index (χ3v) is 2.01. The zero-order valence-corrected chi connectivity index (χ0v) is 8.31. The van der Waals surface area contributed by atoms with E-state index in [1.165, 1.54) is 7.11 Å². The van der Waals surface area contributed by atoms with Gasteiger partial charge in [0.2, 0.25) is 0 Å². The molecule has 0 saturated heterocycles. The van der Waals surface area contributed by atoms with E-state index in [4.69, 9.17) is 5.11 Å². The van der Waals surface area contributed by atoms with E-state index in [9.17, 15) is 19.1 Å². The lowest BCUT2D eigenvalue weighted by Crippen LogP contribution is -2.13. The first-order valence-electron chi connectivity index (χ1n) is 4.24. The number of benzene rings is 1. The molecule has 1 aromatic carbocycles. The van der Waals surface area contributed by atoms with E-state index in [1.54, 1.807) is 0 Å². The number of hydrogen-bond donors (Lipinski definition) is 2. The average molecular weight is 228 g/mol. The number of carbonyl (C=O) groups excluding carboxylic acids is 1. The van der Waals surface area contributed by atoms with Crippen molar-refractivity contribution in [3.63, 3.8) is 0 Å².